The lowest BCUT2D eigenvalue weighted by molar-refractivity contribution is -0.298. The highest BCUT2D eigenvalue weighted by Crippen LogP contribution is 2.38. The van der Waals surface area contributed by atoms with E-state index in [1.807, 2.05) is 6.92 Å². The predicted octanol–water partition coefficient (Wildman–Crippen LogP) is -1.02. The van der Waals surface area contributed by atoms with Gasteiger partial charge in [0.2, 0.25) is 0 Å². The third-order valence-electron chi connectivity index (χ3n) is 3.82. The molecule has 6 nitrogen and oxygen atoms in total. The molecular weight excluding hydrogens is 240 g/mol. The van der Waals surface area contributed by atoms with Crippen LogP contribution in [0.2, 0.25) is 0 Å². The van der Waals surface area contributed by atoms with Gasteiger partial charge in [-0.15, -0.1) is 0 Å². The van der Waals surface area contributed by atoms with Gasteiger partial charge in [0.05, 0.1) is 24.4 Å². The van der Waals surface area contributed by atoms with E-state index in [1.165, 1.54) is 0 Å². The predicted molar refractivity (Wildman–Crippen MR) is 63.6 cm³/mol. The SMILES string of the molecule is CCCC(O)(CC)C1C(CO)OC(O)C(O)C1O. The van der Waals surface area contributed by atoms with Crippen molar-refractivity contribution >= 4 is 0 Å². The Kier molecular flexibility index (Phi) is 5.51. The van der Waals surface area contributed by atoms with E-state index >= 15 is 0 Å². The topological polar surface area (TPSA) is 110 Å². The summed E-state index contributed by atoms with van der Waals surface area (Å²) >= 11 is 0. The first-order valence-corrected chi connectivity index (χ1v) is 6.44. The van der Waals surface area contributed by atoms with E-state index in [0.717, 1.165) is 0 Å². The molecule has 6 unspecified atom stereocenters. The molecule has 0 bridgehead atoms. The largest absolute Gasteiger partial charge is 0.394 e. The molecule has 0 aromatic carbocycles. The van der Waals surface area contributed by atoms with Gasteiger partial charge in [0.1, 0.15) is 6.10 Å². The number of aliphatic hydroxyl groups excluding tert-OH is 4. The van der Waals surface area contributed by atoms with E-state index in [9.17, 15) is 25.5 Å². The molecule has 1 fully saturated rings. The van der Waals surface area contributed by atoms with Crippen molar-refractivity contribution in [1.29, 1.82) is 0 Å². The van der Waals surface area contributed by atoms with Crippen LogP contribution in [0, 0.1) is 5.92 Å². The van der Waals surface area contributed by atoms with Crippen LogP contribution < -0.4 is 0 Å². The number of hydrogen-bond donors (Lipinski definition) is 5. The highest BCUT2D eigenvalue weighted by atomic mass is 16.6. The first-order valence-electron chi connectivity index (χ1n) is 6.44. The van der Waals surface area contributed by atoms with Crippen LogP contribution in [0.1, 0.15) is 33.1 Å². The summed E-state index contributed by atoms with van der Waals surface area (Å²) in [4.78, 5) is 0. The van der Waals surface area contributed by atoms with Gasteiger partial charge in [0.15, 0.2) is 6.29 Å². The van der Waals surface area contributed by atoms with Crippen molar-refractivity contribution in [3.63, 3.8) is 0 Å². The van der Waals surface area contributed by atoms with Gasteiger partial charge >= 0.3 is 0 Å². The van der Waals surface area contributed by atoms with E-state index in [2.05, 4.69) is 0 Å². The van der Waals surface area contributed by atoms with Crippen LogP contribution in [0.4, 0.5) is 0 Å². The number of ether oxygens (including phenoxy) is 1. The maximum Gasteiger partial charge on any atom is 0.183 e. The van der Waals surface area contributed by atoms with E-state index in [0.29, 0.717) is 19.3 Å². The summed E-state index contributed by atoms with van der Waals surface area (Å²) in [5, 5.41) is 48.9. The molecule has 0 amide bonds. The van der Waals surface area contributed by atoms with Gasteiger partial charge in [0, 0.05) is 5.92 Å². The smallest absolute Gasteiger partial charge is 0.183 e. The van der Waals surface area contributed by atoms with E-state index in [4.69, 9.17) is 4.74 Å². The van der Waals surface area contributed by atoms with Crippen molar-refractivity contribution in [2.75, 3.05) is 6.61 Å². The zero-order valence-corrected chi connectivity index (χ0v) is 10.9. The normalized spacial score (nSPS) is 40.5. The van der Waals surface area contributed by atoms with Gasteiger partial charge in [-0.25, -0.2) is 0 Å². The maximum absolute atomic E-state index is 10.6. The second-order valence-electron chi connectivity index (χ2n) is 4.96. The van der Waals surface area contributed by atoms with Crippen LogP contribution in [-0.2, 0) is 4.74 Å². The molecule has 18 heavy (non-hydrogen) atoms. The van der Waals surface area contributed by atoms with Gasteiger partial charge in [0.25, 0.3) is 0 Å². The van der Waals surface area contributed by atoms with Crippen molar-refractivity contribution in [3.05, 3.63) is 0 Å². The molecule has 1 saturated heterocycles. The Morgan fingerprint density at radius 3 is 2.17 bits per heavy atom. The molecule has 0 aromatic heterocycles. The third-order valence-corrected chi connectivity index (χ3v) is 3.82. The summed E-state index contributed by atoms with van der Waals surface area (Å²) in [5.74, 6) is -0.828. The molecule has 0 saturated carbocycles. The maximum atomic E-state index is 10.6. The monoisotopic (exact) mass is 264 g/mol. The van der Waals surface area contributed by atoms with E-state index < -0.39 is 42.7 Å². The van der Waals surface area contributed by atoms with Crippen LogP contribution >= 0.6 is 0 Å². The molecule has 6 atom stereocenters. The van der Waals surface area contributed by atoms with Crippen molar-refractivity contribution < 1.29 is 30.3 Å². The number of aliphatic hydroxyl groups is 5. The van der Waals surface area contributed by atoms with Crippen LogP contribution in [0.15, 0.2) is 0 Å². The van der Waals surface area contributed by atoms with Gasteiger partial charge in [-0.3, -0.25) is 0 Å². The van der Waals surface area contributed by atoms with Crippen molar-refractivity contribution in [3.8, 4) is 0 Å². The lowest BCUT2D eigenvalue weighted by Crippen LogP contribution is -2.62. The Bertz CT molecular complexity index is 259. The summed E-state index contributed by atoms with van der Waals surface area (Å²) < 4.78 is 5.06. The molecule has 1 aliphatic rings. The minimum absolute atomic E-state index is 0.366. The van der Waals surface area contributed by atoms with Gasteiger partial charge in [-0.1, -0.05) is 20.3 Å². The number of rotatable bonds is 5. The fourth-order valence-electron chi connectivity index (χ4n) is 2.78. The summed E-state index contributed by atoms with van der Waals surface area (Å²) in [5.41, 5.74) is -1.23. The van der Waals surface area contributed by atoms with Crippen molar-refractivity contribution in [2.24, 2.45) is 5.92 Å². The summed E-state index contributed by atoms with van der Waals surface area (Å²) in [6.07, 6.45) is -3.76. The molecule has 1 aliphatic heterocycles. The molecule has 1 rings (SSSR count). The highest BCUT2D eigenvalue weighted by Gasteiger charge is 2.52. The van der Waals surface area contributed by atoms with Crippen LogP contribution in [0.25, 0.3) is 0 Å². The summed E-state index contributed by atoms with van der Waals surface area (Å²) in [6.45, 7) is 3.24. The minimum Gasteiger partial charge on any atom is -0.394 e. The van der Waals surface area contributed by atoms with Gasteiger partial charge in [-0.2, -0.15) is 0 Å². The molecule has 0 spiro atoms. The Morgan fingerprint density at radius 1 is 1.11 bits per heavy atom. The molecule has 6 heteroatoms. The molecule has 108 valence electrons. The van der Waals surface area contributed by atoms with Crippen LogP contribution in [-0.4, -0.2) is 62.3 Å². The van der Waals surface area contributed by atoms with Gasteiger partial charge < -0.3 is 30.3 Å². The second-order valence-corrected chi connectivity index (χ2v) is 4.96. The third kappa shape index (κ3) is 2.84. The van der Waals surface area contributed by atoms with Crippen molar-refractivity contribution in [2.45, 2.75) is 63.3 Å². The second kappa shape index (κ2) is 6.27. The fraction of sp³-hybridized carbons (Fsp3) is 1.00. The Balaban J connectivity index is 3.00. The Hall–Kier alpha value is -0.240. The molecular formula is C12H24O6. The molecule has 0 aromatic rings. The van der Waals surface area contributed by atoms with E-state index in [1.54, 1.807) is 6.92 Å². The quantitative estimate of drug-likeness (QED) is 0.434. The minimum atomic E-state index is -1.55. The van der Waals surface area contributed by atoms with Crippen molar-refractivity contribution in [1.82, 2.24) is 0 Å². The average Bonchev–Trinajstić information content (AvgIpc) is 2.35. The molecule has 0 radical (unpaired) electrons. The summed E-state index contributed by atoms with van der Waals surface area (Å²) in [6, 6.07) is 0. The molecule has 5 N–H and O–H groups in total. The first kappa shape index (κ1) is 15.8. The summed E-state index contributed by atoms with van der Waals surface area (Å²) in [7, 11) is 0. The number of hydrogen-bond acceptors (Lipinski definition) is 6. The standard InChI is InChI=1S/C12H24O6/c1-3-5-12(17,4-2)8-7(6-13)18-11(16)10(15)9(8)14/h7-11,13-17H,3-6H2,1-2H3. The van der Waals surface area contributed by atoms with Crippen LogP contribution in [0.3, 0.4) is 0 Å². The molecule has 1 heterocycles. The lowest BCUT2D eigenvalue weighted by Gasteiger charge is -2.47. The Morgan fingerprint density at radius 2 is 1.72 bits per heavy atom. The van der Waals surface area contributed by atoms with E-state index in [-0.39, 0.29) is 0 Å². The zero-order valence-electron chi connectivity index (χ0n) is 10.9. The Labute approximate surface area is 107 Å². The highest BCUT2D eigenvalue weighted by molar-refractivity contribution is 4.99. The fourth-order valence-corrected chi connectivity index (χ4v) is 2.78. The zero-order chi connectivity index (χ0) is 13.9. The lowest BCUT2D eigenvalue weighted by atomic mass is 9.72. The van der Waals surface area contributed by atoms with Gasteiger partial charge in [-0.05, 0) is 12.8 Å². The average molecular weight is 264 g/mol. The molecule has 0 aliphatic carbocycles. The first-order chi connectivity index (χ1) is 8.41. The van der Waals surface area contributed by atoms with Crippen LogP contribution in [0.5, 0.6) is 0 Å².